The van der Waals surface area contributed by atoms with Gasteiger partial charge in [0.05, 0.1) is 13.1 Å². The van der Waals surface area contributed by atoms with Crippen molar-refractivity contribution < 1.29 is 17.0 Å². The van der Waals surface area contributed by atoms with Crippen LogP contribution in [0, 0.1) is 5.92 Å². The van der Waals surface area contributed by atoms with Gasteiger partial charge in [0, 0.05) is 0 Å². The van der Waals surface area contributed by atoms with E-state index >= 15 is 0 Å². The van der Waals surface area contributed by atoms with Gasteiger partial charge in [-0.15, -0.1) is 0 Å². The summed E-state index contributed by atoms with van der Waals surface area (Å²) >= 11 is 0. The summed E-state index contributed by atoms with van der Waals surface area (Å²) in [5, 5.41) is 0. The number of rotatable bonds is 5. The molecule has 0 aliphatic rings. The molecule has 0 radical (unpaired) electrons. The van der Waals surface area contributed by atoms with Crippen molar-refractivity contribution in [3.8, 4) is 0 Å². The molecule has 82 valence electrons. The second-order valence-corrected chi connectivity index (χ2v) is 4.10. The monoisotopic (exact) mass is 216 g/mol. The van der Waals surface area contributed by atoms with Crippen molar-refractivity contribution in [2.75, 3.05) is 0 Å². The van der Waals surface area contributed by atoms with E-state index in [1.807, 2.05) is 0 Å². The lowest BCUT2D eigenvalue weighted by Crippen LogP contribution is -3.00. The van der Waals surface area contributed by atoms with Crippen LogP contribution in [0.1, 0.15) is 33.6 Å². The highest BCUT2D eigenvalue weighted by molar-refractivity contribution is 4.65. The van der Waals surface area contributed by atoms with Crippen molar-refractivity contribution in [3.05, 3.63) is 18.7 Å². The molecule has 0 spiro atoms. The van der Waals surface area contributed by atoms with Gasteiger partial charge >= 0.3 is 0 Å². The lowest BCUT2D eigenvalue weighted by Gasteiger charge is -1.98. The van der Waals surface area contributed by atoms with Gasteiger partial charge < -0.3 is 12.4 Å². The van der Waals surface area contributed by atoms with Crippen molar-refractivity contribution in [1.82, 2.24) is 4.57 Å². The zero-order valence-corrected chi connectivity index (χ0v) is 10.2. The zero-order chi connectivity index (χ0) is 9.68. The molecule has 1 aromatic heterocycles. The lowest BCUT2D eigenvalue weighted by atomic mass is 10.2. The van der Waals surface area contributed by atoms with Crippen LogP contribution in [0.15, 0.2) is 18.7 Å². The molecular weight excluding hydrogens is 196 g/mol. The molecule has 2 nitrogen and oxygen atoms in total. The Hall–Kier alpha value is -0.500. The van der Waals surface area contributed by atoms with Crippen LogP contribution in [0.3, 0.4) is 0 Å². The quantitative estimate of drug-likeness (QED) is 0.572. The van der Waals surface area contributed by atoms with Crippen LogP contribution in [0.2, 0.25) is 0 Å². The third kappa shape index (κ3) is 4.66. The van der Waals surface area contributed by atoms with Gasteiger partial charge in [-0.05, 0) is 12.3 Å². The minimum atomic E-state index is 0. The van der Waals surface area contributed by atoms with Crippen molar-refractivity contribution in [2.45, 2.75) is 46.7 Å². The smallest absolute Gasteiger partial charge is 0.243 e. The van der Waals surface area contributed by atoms with Gasteiger partial charge in [-0.25, -0.2) is 9.13 Å². The third-order valence-corrected chi connectivity index (χ3v) is 2.09. The fraction of sp³-hybridized carbons (Fsp3) is 0.727. The largest absolute Gasteiger partial charge is 1.00 e. The Balaban J connectivity index is 0.00000169. The van der Waals surface area contributed by atoms with Gasteiger partial charge in [0.1, 0.15) is 12.4 Å². The van der Waals surface area contributed by atoms with Gasteiger partial charge in [-0.2, -0.15) is 0 Å². The van der Waals surface area contributed by atoms with Crippen LogP contribution in [0.5, 0.6) is 0 Å². The summed E-state index contributed by atoms with van der Waals surface area (Å²) in [7, 11) is 0. The first kappa shape index (κ1) is 13.5. The Bertz CT molecular complexity index is 243. The Labute approximate surface area is 93.4 Å². The Morgan fingerprint density at radius 1 is 1.36 bits per heavy atom. The van der Waals surface area contributed by atoms with E-state index in [9.17, 15) is 0 Å². The molecule has 0 aromatic carbocycles. The first-order valence-corrected chi connectivity index (χ1v) is 5.27. The molecule has 1 heterocycles. The standard InChI is InChI=1S/C11H21N2.ClH/c1-4-5-6-12-7-8-13(10-12)9-11(2)3;/h7-8,10-11H,4-6,9H2,1-3H3;1H/q+1;/p-1. The number of hydrogen-bond donors (Lipinski definition) is 0. The molecule has 14 heavy (non-hydrogen) atoms. The minimum Gasteiger partial charge on any atom is -1.00 e. The van der Waals surface area contributed by atoms with E-state index in [0.717, 1.165) is 19.0 Å². The van der Waals surface area contributed by atoms with Crippen molar-refractivity contribution >= 4 is 0 Å². The predicted molar refractivity (Wildman–Crippen MR) is 54.4 cm³/mol. The van der Waals surface area contributed by atoms with Crippen LogP contribution < -0.4 is 17.0 Å². The maximum absolute atomic E-state index is 2.27. The van der Waals surface area contributed by atoms with E-state index in [-0.39, 0.29) is 12.4 Å². The second-order valence-electron chi connectivity index (χ2n) is 4.10. The Morgan fingerprint density at radius 2 is 2.07 bits per heavy atom. The number of unbranched alkanes of at least 4 members (excludes halogenated alkanes) is 1. The fourth-order valence-electron chi connectivity index (χ4n) is 1.44. The maximum Gasteiger partial charge on any atom is 0.243 e. The molecule has 0 aliphatic carbocycles. The normalized spacial score (nSPS) is 10.3. The summed E-state index contributed by atoms with van der Waals surface area (Å²) in [5.41, 5.74) is 0. The molecule has 0 fully saturated rings. The summed E-state index contributed by atoms with van der Waals surface area (Å²) < 4.78 is 4.53. The number of imidazole rings is 1. The highest BCUT2D eigenvalue weighted by Crippen LogP contribution is 1.95. The van der Waals surface area contributed by atoms with Crippen molar-refractivity contribution in [1.29, 1.82) is 0 Å². The van der Waals surface area contributed by atoms with Gasteiger partial charge in [-0.1, -0.05) is 27.2 Å². The fourth-order valence-corrected chi connectivity index (χ4v) is 1.44. The first-order valence-electron chi connectivity index (χ1n) is 5.27. The molecule has 0 N–H and O–H groups in total. The number of aryl methyl sites for hydroxylation is 1. The van der Waals surface area contributed by atoms with Crippen molar-refractivity contribution in [3.63, 3.8) is 0 Å². The van der Waals surface area contributed by atoms with E-state index in [2.05, 4.69) is 48.6 Å². The molecule has 0 saturated heterocycles. The molecule has 0 atom stereocenters. The van der Waals surface area contributed by atoms with E-state index in [1.165, 1.54) is 12.8 Å². The SMILES string of the molecule is CCCCn1cc[n+](CC(C)C)c1.[Cl-]. The van der Waals surface area contributed by atoms with Crippen LogP contribution in [-0.2, 0) is 13.1 Å². The van der Waals surface area contributed by atoms with Crippen LogP contribution in [-0.4, -0.2) is 4.57 Å². The van der Waals surface area contributed by atoms with Crippen molar-refractivity contribution in [2.24, 2.45) is 5.92 Å². The first-order chi connectivity index (χ1) is 6.22. The minimum absolute atomic E-state index is 0. The van der Waals surface area contributed by atoms with Gasteiger partial charge in [0.25, 0.3) is 0 Å². The second kappa shape index (κ2) is 6.88. The molecule has 0 amide bonds. The van der Waals surface area contributed by atoms with Gasteiger partial charge in [0.15, 0.2) is 0 Å². The summed E-state index contributed by atoms with van der Waals surface area (Å²) in [6.07, 6.45) is 9.07. The van der Waals surface area contributed by atoms with Gasteiger partial charge in [0.2, 0.25) is 6.33 Å². The number of nitrogens with zero attached hydrogens (tertiary/aromatic N) is 2. The molecule has 1 rings (SSSR count). The number of aromatic nitrogens is 2. The van der Waals surface area contributed by atoms with Crippen LogP contribution >= 0.6 is 0 Å². The molecule has 0 aliphatic heterocycles. The molecule has 0 saturated carbocycles. The summed E-state index contributed by atoms with van der Waals surface area (Å²) in [5.74, 6) is 0.729. The molecule has 0 unspecified atom stereocenters. The zero-order valence-electron chi connectivity index (χ0n) is 9.41. The van der Waals surface area contributed by atoms with E-state index in [0.29, 0.717) is 0 Å². The highest BCUT2D eigenvalue weighted by atomic mass is 35.5. The Morgan fingerprint density at radius 3 is 2.64 bits per heavy atom. The molecule has 3 heteroatoms. The predicted octanol–water partition coefficient (Wildman–Crippen LogP) is -0.764. The Kier molecular flexibility index (Phi) is 6.64. The average molecular weight is 217 g/mol. The summed E-state index contributed by atoms with van der Waals surface area (Å²) in [6.45, 7) is 9.00. The lowest BCUT2D eigenvalue weighted by molar-refractivity contribution is -0.701. The summed E-state index contributed by atoms with van der Waals surface area (Å²) in [4.78, 5) is 0. The van der Waals surface area contributed by atoms with E-state index in [4.69, 9.17) is 0 Å². The number of hydrogen-bond acceptors (Lipinski definition) is 0. The maximum atomic E-state index is 2.27. The molecule has 0 bridgehead atoms. The molecule has 1 aromatic rings. The van der Waals surface area contributed by atoms with Gasteiger partial charge in [-0.3, -0.25) is 0 Å². The topological polar surface area (TPSA) is 8.81 Å². The van der Waals surface area contributed by atoms with E-state index < -0.39 is 0 Å². The van der Waals surface area contributed by atoms with Crippen LogP contribution in [0.4, 0.5) is 0 Å². The average Bonchev–Trinajstić information content (AvgIpc) is 2.48. The highest BCUT2D eigenvalue weighted by Gasteiger charge is 2.04. The summed E-state index contributed by atoms with van der Waals surface area (Å²) in [6, 6.07) is 0. The third-order valence-electron chi connectivity index (χ3n) is 2.09. The number of halogens is 1. The van der Waals surface area contributed by atoms with Crippen LogP contribution in [0.25, 0.3) is 0 Å². The molecular formula is C11H21ClN2. The van der Waals surface area contributed by atoms with E-state index in [1.54, 1.807) is 0 Å².